The Morgan fingerprint density at radius 3 is 2.53 bits per heavy atom. The molecular formula is C22H25N5O2S. The number of nitrogens with two attached hydrogens (primary N) is 1. The fourth-order valence-electron chi connectivity index (χ4n) is 4.75. The second-order valence-electron chi connectivity index (χ2n) is 8.10. The average Bonchev–Trinajstić information content (AvgIpc) is 3.35. The van der Waals surface area contributed by atoms with Crippen molar-refractivity contribution in [3.05, 3.63) is 54.6 Å². The van der Waals surface area contributed by atoms with Gasteiger partial charge in [-0.25, -0.2) is 22.4 Å². The minimum absolute atomic E-state index is 0.245. The van der Waals surface area contributed by atoms with Crippen molar-refractivity contribution in [3.63, 3.8) is 0 Å². The quantitative estimate of drug-likeness (QED) is 0.541. The molecule has 30 heavy (non-hydrogen) atoms. The van der Waals surface area contributed by atoms with Crippen molar-refractivity contribution in [2.75, 3.05) is 6.54 Å². The summed E-state index contributed by atoms with van der Waals surface area (Å²) in [6.45, 7) is 2.75. The van der Waals surface area contributed by atoms with Crippen LogP contribution in [0.2, 0.25) is 0 Å². The molecule has 3 heterocycles. The third kappa shape index (κ3) is 2.94. The Morgan fingerprint density at radius 1 is 1.10 bits per heavy atom. The molecule has 0 bridgehead atoms. The number of aromatic nitrogens is 4. The summed E-state index contributed by atoms with van der Waals surface area (Å²) in [5.41, 5.74) is 8.07. The monoisotopic (exact) mass is 423 g/mol. The maximum Gasteiger partial charge on any atom is 0.269 e. The molecule has 8 heteroatoms. The van der Waals surface area contributed by atoms with Crippen molar-refractivity contribution in [1.82, 2.24) is 18.5 Å². The molecule has 0 radical (unpaired) electrons. The van der Waals surface area contributed by atoms with Crippen LogP contribution in [0.4, 0.5) is 0 Å². The zero-order valence-electron chi connectivity index (χ0n) is 16.9. The SMILES string of the molecule is Cc1nc2cnc3c(ccn3S(=O)(=O)c3ccccc3)c2n1C1CCC(CN)CC1. The summed E-state index contributed by atoms with van der Waals surface area (Å²) in [6.07, 6.45) is 7.61. The Labute approximate surface area is 175 Å². The van der Waals surface area contributed by atoms with Crippen LogP contribution >= 0.6 is 0 Å². The number of fused-ring (bicyclic) bond motifs is 3. The summed E-state index contributed by atoms with van der Waals surface area (Å²) < 4.78 is 29.9. The van der Waals surface area contributed by atoms with Gasteiger partial charge in [-0.3, -0.25) is 0 Å². The van der Waals surface area contributed by atoms with Crippen molar-refractivity contribution in [3.8, 4) is 0 Å². The molecule has 0 amide bonds. The van der Waals surface area contributed by atoms with Gasteiger partial charge in [0.05, 0.1) is 16.6 Å². The molecule has 1 saturated carbocycles. The zero-order chi connectivity index (χ0) is 20.9. The summed E-state index contributed by atoms with van der Waals surface area (Å²) in [6, 6.07) is 10.6. The summed E-state index contributed by atoms with van der Waals surface area (Å²) in [4.78, 5) is 9.45. The molecule has 1 aromatic carbocycles. The third-order valence-electron chi connectivity index (χ3n) is 6.32. The minimum atomic E-state index is -3.72. The number of benzene rings is 1. The molecule has 1 aliphatic rings. The largest absolute Gasteiger partial charge is 0.330 e. The van der Waals surface area contributed by atoms with Crippen molar-refractivity contribution in [1.29, 1.82) is 0 Å². The lowest BCUT2D eigenvalue weighted by molar-refractivity contribution is 0.281. The molecular weight excluding hydrogens is 398 g/mol. The summed E-state index contributed by atoms with van der Waals surface area (Å²) >= 11 is 0. The van der Waals surface area contributed by atoms with Crippen LogP contribution in [0.15, 0.2) is 53.7 Å². The van der Waals surface area contributed by atoms with E-state index < -0.39 is 10.0 Å². The number of rotatable bonds is 4. The highest BCUT2D eigenvalue weighted by Gasteiger charge is 2.27. The Hall–Kier alpha value is -2.71. The number of imidazole rings is 1. The van der Waals surface area contributed by atoms with Crippen LogP contribution in [0.5, 0.6) is 0 Å². The second kappa shape index (κ2) is 7.21. The van der Waals surface area contributed by atoms with Gasteiger partial charge in [-0.2, -0.15) is 0 Å². The van der Waals surface area contributed by atoms with E-state index in [0.717, 1.165) is 54.5 Å². The molecule has 5 rings (SSSR count). The fraction of sp³-hybridized carbons (Fsp3) is 0.364. The lowest BCUT2D eigenvalue weighted by atomic mass is 9.86. The number of hydrogen-bond acceptors (Lipinski definition) is 5. The van der Waals surface area contributed by atoms with Crippen LogP contribution in [0.25, 0.3) is 22.1 Å². The van der Waals surface area contributed by atoms with Crippen LogP contribution in [0.1, 0.15) is 37.5 Å². The lowest BCUT2D eigenvalue weighted by Crippen LogP contribution is -2.23. The number of pyridine rings is 1. The number of hydrogen-bond donors (Lipinski definition) is 1. The highest BCUT2D eigenvalue weighted by atomic mass is 32.2. The highest BCUT2D eigenvalue weighted by molar-refractivity contribution is 7.90. The minimum Gasteiger partial charge on any atom is -0.330 e. The van der Waals surface area contributed by atoms with E-state index in [2.05, 4.69) is 9.55 Å². The Kier molecular flexibility index (Phi) is 4.63. The van der Waals surface area contributed by atoms with Crippen molar-refractivity contribution in [2.24, 2.45) is 11.7 Å². The normalized spacial score (nSPS) is 20.2. The maximum absolute atomic E-state index is 13.2. The topological polar surface area (TPSA) is 95.8 Å². The first-order valence-corrected chi connectivity index (χ1v) is 11.8. The van der Waals surface area contributed by atoms with E-state index in [1.165, 1.54) is 3.97 Å². The molecule has 0 atom stereocenters. The van der Waals surface area contributed by atoms with Gasteiger partial charge in [0, 0.05) is 17.6 Å². The fourth-order valence-corrected chi connectivity index (χ4v) is 6.07. The van der Waals surface area contributed by atoms with Gasteiger partial charge in [-0.05, 0) is 63.3 Å². The summed E-state index contributed by atoms with van der Waals surface area (Å²) in [5, 5.41) is 0.813. The summed E-state index contributed by atoms with van der Waals surface area (Å²) in [5.74, 6) is 1.53. The number of nitrogens with zero attached hydrogens (tertiary/aromatic N) is 4. The molecule has 0 saturated heterocycles. The van der Waals surface area contributed by atoms with Crippen LogP contribution < -0.4 is 5.73 Å². The van der Waals surface area contributed by atoms with Gasteiger partial charge in [0.25, 0.3) is 10.0 Å². The van der Waals surface area contributed by atoms with Crippen molar-refractivity contribution >= 4 is 32.1 Å². The first kappa shape index (κ1) is 19.3. The Balaban J connectivity index is 1.67. The Bertz CT molecular complexity index is 1320. The van der Waals surface area contributed by atoms with Crippen molar-refractivity contribution < 1.29 is 8.42 Å². The second-order valence-corrected chi connectivity index (χ2v) is 9.91. The molecule has 4 aromatic rings. The van der Waals surface area contributed by atoms with E-state index in [1.54, 1.807) is 42.7 Å². The first-order chi connectivity index (χ1) is 14.5. The van der Waals surface area contributed by atoms with E-state index in [-0.39, 0.29) is 4.90 Å². The molecule has 0 aliphatic heterocycles. The van der Waals surface area contributed by atoms with Gasteiger partial charge in [0.2, 0.25) is 0 Å². The van der Waals surface area contributed by atoms with Crippen LogP contribution in [0, 0.1) is 12.8 Å². The van der Waals surface area contributed by atoms with Gasteiger partial charge in [0.15, 0.2) is 5.65 Å². The van der Waals surface area contributed by atoms with Crippen LogP contribution in [-0.4, -0.2) is 33.5 Å². The number of aryl methyl sites for hydroxylation is 1. The summed E-state index contributed by atoms with van der Waals surface area (Å²) in [7, 11) is -3.72. The highest BCUT2D eigenvalue weighted by Crippen LogP contribution is 2.37. The maximum atomic E-state index is 13.2. The van der Waals surface area contributed by atoms with E-state index >= 15 is 0 Å². The van der Waals surface area contributed by atoms with Gasteiger partial charge >= 0.3 is 0 Å². The van der Waals surface area contributed by atoms with Gasteiger partial charge in [0.1, 0.15) is 11.3 Å². The molecule has 7 nitrogen and oxygen atoms in total. The lowest BCUT2D eigenvalue weighted by Gasteiger charge is -2.29. The molecule has 156 valence electrons. The van der Waals surface area contributed by atoms with Crippen molar-refractivity contribution in [2.45, 2.75) is 43.5 Å². The average molecular weight is 424 g/mol. The molecule has 0 spiro atoms. The van der Waals surface area contributed by atoms with E-state index in [1.807, 2.05) is 13.0 Å². The van der Waals surface area contributed by atoms with Gasteiger partial charge in [-0.15, -0.1) is 0 Å². The smallest absolute Gasteiger partial charge is 0.269 e. The third-order valence-corrected chi connectivity index (χ3v) is 8.00. The van der Waals surface area contributed by atoms with E-state index in [0.29, 0.717) is 17.6 Å². The van der Waals surface area contributed by atoms with Gasteiger partial charge in [-0.1, -0.05) is 18.2 Å². The molecule has 2 N–H and O–H groups in total. The first-order valence-electron chi connectivity index (χ1n) is 10.4. The van der Waals surface area contributed by atoms with Crippen LogP contribution in [0.3, 0.4) is 0 Å². The molecule has 0 unspecified atom stereocenters. The Morgan fingerprint density at radius 2 is 1.83 bits per heavy atom. The van der Waals surface area contributed by atoms with E-state index in [4.69, 9.17) is 10.7 Å². The molecule has 3 aromatic heterocycles. The molecule has 1 aliphatic carbocycles. The van der Waals surface area contributed by atoms with Crippen LogP contribution in [-0.2, 0) is 10.0 Å². The predicted octanol–water partition coefficient (Wildman–Crippen LogP) is 3.62. The zero-order valence-corrected chi connectivity index (χ0v) is 17.7. The standard InChI is InChI=1S/C22H25N5O2S/c1-15-25-20-14-24-22-19(21(20)27(15)17-9-7-16(13-23)8-10-17)11-12-26(22)30(28,29)18-5-3-2-4-6-18/h2-6,11-12,14,16-17H,7-10,13,23H2,1H3. The van der Waals surface area contributed by atoms with Gasteiger partial charge < -0.3 is 10.3 Å². The predicted molar refractivity (Wildman–Crippen MR) is 117 cm³/mol. The molecule has 1 fully saturated rings. The van der Waals surface area contributed by atoms with E-state index in [9.17, 15) is 8.42 Å².